The number of aliphatic hydroxyl groups excluding tert-OH is 1. The van der Waals surface area contributed by atoms with E-state index in [2.05, 4.69) is 4.90 Å². The molecule has 1 unspecified atom stereocenters. The van der Waals surface area contributed by atoms with Crippen molar-refractivity contribution in [3.63, 3.8) is 0 Å². The summed E-state index contributed by atoms with van der Waals surface area (Å²) in [5, 5.41) is 9.30. The van der Waals surface area contributed by atoms with Gasteiger partial charge >= 0.3 is 0 Å². The maximum Gasteiger partial charge on any atom is 0.122 e. The molecule has 0 bridgehead atoms. The second-order valence-electron chi connectivity index (χ2n) is 5.02. The molecule has 1 aromatic rings. The van der Waals surface area contributed by atoms with Crippen molar-refractivity contribution in [1.82, 2.24) is 4.90 Å². The Morgan fingerprint density at radius 1 is 1.39 bits per heavy atom. The molecule has 0 saturated heterocycles. The summed E-state index contributed by atoms with van der Waals surface area (Å²) in [6.45, 7) is 1.38. The summed E-state index contributed by atoms with van der Waals surface area (Å²) in [7, 11) is 0. The highest BCUT2D eigenvalue weighted by Gasteiger charge is 2.28. The third-order valence-electron chi connectivity index (χ3n) is 3.90. The van der Waals surface area contributed by atoms with E-state index in [-0.39, 0.29) is 12.6 Å². The second-order valence-corrected chi connectivity index (χ2v) is 5.02. The Labute approximate surface area is 109 Å². The van der Waals surface area contributed by atoms with Crippen LogP contribution in [-0.2, 0) is 0 Å². The van der Waals surface area contributed by atoms with Crippen LogP contribution in [0.2, 0.25) is 0 Å². The van der Waals surface area contributed by atoms with Crippen LogP contribution in [0.1, 0.15) is 43.9 Å². The van der Waals surface area contributed by atoms with E-state index in [9.17, 15) is 5.11 Å². The average molecular weight is 252 g/mol. The summed E-state index contributed by atoms with van der Waals surface area (Å²) in [4.78, 5) is 2.33. The van der Waals surface area contributed by atoms with E-state index in [0.717, 1.165) is 5.76 Å². The monoisotopic (exact) mass is 252 g/mol. The number of nitrogens with two attached hydrogens (primary N) is 1. The lowest BCUT2D eigenvalue weighted by Gasteiger charge is -2.38. The smallest absolute Gasteiger partial charge is 0.122 e. The number of nitrogens with zero attached hydrogens (tertiary/aromatic N) is 1. The molecule has 1 aliphatic carbocycles. The first-order valence-electron chi connectivity index (χ1n) is 6.97. The molecule has 18 heavy (non-hydrogen) atoms. The van der Waals surface area contributed by atoms with Crippen LogP contribution < -0.4 is 5.73 Å². The van der Waals surface area contributed by atoms with Crippen molar-refractivity contribution >= 4 is 0 Å². The number of hydrogen-bond acceptors (Lipinski definition) is 4. The summed E-state index contributed by atoms with van der Waals surface area (Å²) < 4.78 is 5.50. The van der Waals surface area contributed by atoms with Gasteiger partial charge in [0.15, 0.2) is 0 Å². The number of hydrogen-bond donors (Lipinski definition) is 2. The van der Waals surface area contributed by atoms with E-state index < -0.39 is 0 Å². The van der Waals surface area contributed by atoms with Gasteiger partial charge in [0.25, 0.3) is 0 Å². The Kier molecular flexibility index (Phi) is 5.23. The van der Waals surface area contributed by atoms with Crippen LogP contribution in [0.25, 0.3) is 0 Å². The van der Waals surface area contributed by atoms with Crippen LogP contribution in [0.4, 0.5) is 0 Å². The predicted molar refractivity (Wildman–Crippen MR) is 71.2 cm³/mol. The van der Waals surface area contributed by atoms with E-state index in [1.807, 2.05) is 12.1 Å². The second kappa shape index (κ2) is 6.92. The van der Waals surface area contributed by atoms with Crippen LogP contribution in [0.15, 0.2) is 22.8 Å². The normalized spacial score (nSPS) is 19.3. The lowest BCUT2D eigenvalue weighted by Crippen LogP contribution is -2.43. The highest BCUT2D eigenvalue weighted by atomic mass is 16.3. The van der Waals surface area contributed by atoms with Crippen LogP contribution in [-0.4, -0.2) is 35.7 Å². The molecular weight excluding hydrogens is 228 g/mol. The van der Waals surface area contributed by atoms with Crippen LogP contribution >= 0.6 is 0 Å². The van der Waals surface area contributed by atoms with Crippen molar-refractivity contribution in [3.8, 4) is 0 Å². The molecule has 1 aliphatic rings. The quantitative estimate of drug-likeness (QED) is 0.812. The highest BCUT2D eigenvalue weighted by Crippen LogP contribution is 2.29. The topological polar surface area (TPSA) is 62.6 Å². The van der Waals surface area contributed by atoms with Gasteiger partial charge in [-0.15, -0.1) is 0 Å². The Morgan fingerprint density at radius 3 is 2.72 bits per heavy atom. The van der Waals surface area contributed by atoms with Gasteiger partial charge in [-0.25, -0.2) is 0 Å². The molecule has 0 aromatic carbocycles. The fourth-order valence-corrected chi connectivity index (χ4v) is 3.02. The summed E-state index contributed by atoms with van der Waals surface area (Å²) in [5.74, 6) is 0.913. The molecule has 0 radical (unpaired) electrons. The van der Waals surface area contributed by atoms with E-state index in [1.54, 1.807) is 6.26 Å². The van der Waals surface area contributed by atoms with Crippen molar-refractivity contribution in [2.45, 2.75) is 44.2 Å². The van der Waals surface area contributed by atoms with E-state index in [1.165, 1.54) is 32.1 Å². The summed E-state index contributed by atoms with van der Waals surface area (Å²) >= 11 is 0. The molecule has 1 fully saturated rings. The molecule has 0 amide bonds. The minimum atomic E-state index is 0.0928. The van der Waals surface area contributed by atoms with Crippen molar-refractivity contribution in [2.24, 2.45) is 5.73 Å². The zero-order valence-electron chi connectivity index (χ0n) is 10.9. The fourth-order valence-electron chi connectivity index (χ4n) is 3.02. The minimum absolute atomic E-state index is 0.0928. The Morgan fingerprint density at radius 2 is 2.17 bits per heavy atom. The van der Waals surface area contributed by atoms with Gasteiger partial charge in [-0.05, 0) is 25.0 Å². The molecule has 1 atom stereocenters. The maximum atomic E-state index is 9.30. The Balaban J connectivity index is 2.11. The van der Waals surface area contributed by atoms with Gasteiger partial charge in [0.05, 0.1) is 18.9 Å². The first-order chi connectivity index (χ1) is 8.86. The number of furan rings is 1. The van der Waals surface area contributed by atoms with Crippen molar-refractivity contribution < 1.29 is 9.52 Å². The summed E-state index contributed by atoms with van der Waals surface area (Å²) in [5.41, 5.74) is 5.92. The molecule has 0 aliphatic heterocycles. The molecule has 1 aromatic heterocycles. The van der Waals surface area contributed by atoms with Crippen LogP contribution in [0.3, 0.4) is 0 Å². The zero-order chi connectivity index (χ0) is 12.8. The van der Waals surface area contributed by atoms with Crippen molar-refractivity contribution in [1.29, 1.82) is 0 Å². The SMILES string of the molecule is NCC(c1ccco1)N(CCO)C1CCCCC1. The number of aliphatic hydroxyl groups is 1. The molecule has 102 valence electrons. The molecule has 4 nitrogen and oxygen atoms in total. The molecule has 4 heteroatoms. The zero-order valence-corrected chi connectivity index (χ0v) is 10.9. The van der Waals surface area contributed by atoms with Gasteiger partial charge in [0.1, 0.15) is 5.76 Å². The van der Waals surface area contributed by atoms with Gasteiger partial charge < -0.3 is 15.3 Å². The molecular formula is C14H24N2O2. The van der Waals surface area contributed by atoms with Gasteiger partial charge in [0.2, 0.25) is 0 Å². The Bertz CT molecular complexity index is 321. The lowest BCUT2D eigenvalue weighted by atomic mass is 9.92. The fraction of sp³-hybridized carbons (Fsp3) is 0.714. The molecule has 0 spiro atoms. The van der Waals surface area contributed by atoms with Gasteiger partial charge in [-0.3, -0.25) is 4.90 Å². The molecule has 1 saturated carbocycles. The first-order valence-corrected chi connectivity index (χ1v) is 6.97. The van der Waals surface area contributed by atoms with Gasteiger partial charge in [0, 0.05) is 19.1 Å². The van der Waals surface area contributed by atoms with Gasteiger partial charge in [-0.1, -0.05) is 19.3 Å². The van der Waals surface area contributed by atoms with Crippen molar-refractivity contribution in [3.05, 3.63) is 24.2 Å². The minimum Gasteiger partial charge on any atom is -0.468 e. The average Bonchev–Trinajstić information content (AvgIpc) is 2.94. The van der Waals surface area contributed by atoms with E-state index >= 15 is 0 Å². The largest absolute Gasteiger partial charge is 0.468 e. The van der Waals surface area contributed by atoms with Crippen molar-refractivity contribution in [2.75, 3.05) is 19.7 Å². The number of rotatable bonds is 6. The third kappa shape index (κ3) is 3.13. The molecule has 2 rings (SSSR count). The molecule has 1 heterocycles. The van der Waals surface area contributed by atoms with E-state index in [0.29, 0.717) is 19.1 Å². The first kappa shape index (κ1) is 13.6. The maximum absolute atomic E-state index is 9.30. The lowest BCUT2D eigenvalue weighted by molar-refractivity contribution is 0.0732. The molecule has 3 N–H and O–H groups in total. The Hall–Kier alpha value is -0.840. The summed E-state index contributed by atoms with van der Waals surface area (Å²) in [6, 6.07) is 4.50. The van der Waals surface area contributed by atoms with Crippen LogP contribution in [0, 0.1) is 0 Å². The predicted octanol–water partition coefficient (Wildman–Crippen LogP) is 1.91. The highest BCUT2D eigenvalue weighted by molar-refractivity contribution is 5.06. The summed E-state index contributed by atoms with van der Waals surface area (Å²) in [6.07, 6.45) is 7.99. The van der Waals surface area contributed by atoms with Crippen LogP contribution in [0.5, 0.6) is 0 Å². The van der Waals surface area contributed by atoms with E-state index in [4.69, 9.17) is 10.2 Å². The standard InChI is InChI=1S/C14H24N2O2/c15-11-13(14-7-4-10-18-14)16(8-9-17)12-5-2-1-3-6-12/h4,7,10,12-13,17H,1-3,5-6,8-9,11,15H2. The third-order valence-corrected chi connectivity index (χ3v) is 3.90. The van der Waals surface area contributed by atoms with Gasteiger partial charge in [-0.2, -0.15) is 0 Å².